The van der Waals surface area contributed by atoms with Crippen LogP contribution < -0.4 is 5.32 Å². The van der Waals surface area contributed by atoms with Crippen molar-refractivity contribution in [3.63, 3.8) is 0 Å². The summed E-state index contributed by atoms with van der Waals surface area (Å²) in [5, 5.41) is 12.2. The zero-order valence-corrected chi connectivity index (χ0v) is 15.7. The summed E-state index contributed by atoms with van der Waals surface area (Å²) in [4.78, 5) is 28.6. The van der Waals surface area contributed by atoms with Gasteiger partial charge in [-0.1, -0.05) is 78.9 Å². The molecular formula is C21H20N2O3S. The van der Waals surface area contributed by atoms with Gasteiger partial charge >= 0.3 is 5.97 Å². The highest BCUT2D eigenvalue weighted by molar-refractivity contribution is 7.19. The third kappa shape index (κ3) is 5.01. The number of nitrogens with zero attached hydrogens (tertiary/aromatic N) is 1. The van der Waals surface area contributed by atoms with Crippen LogP contribution in [0.3, 0.4) is 0 Å². The van der Waals surface area contributed by atoms with Gasteiger partial charge in [0.2, 0.25) is 5.91 Å². The lowest BCUT2D eigenvalue weighted by Gasteiger charge is -2.07. The number of carbonyl (C=O) groups is 2. The number of aromatic nitrogens is 1. The van der Waals surface area contributed by atoms with E-state index in [0.717, 1.165) is 21.7 Å². The van der Waals surface area contributed by atoms with Gasteiger partial charge in [-0.2, -0.15) is 0 Å². The van der Waals surface area contributed by atoms with Crippen LogP contribution >= 0.6 is 11.3 Å². The Bertz CT molecular complexity index is 866. The molecule has 0 bridgehead atoms. The second kappa shape index (κ2) is 8.60. The van der Waals surface area contributed by atoms with E-state index >= 15 is 0 Å². The minimum absolute atomic E-state index is 0.0319. The number of carboxylic acids is 1. The average Bonchev–Trinajstić information content (AvgIpc) is 3.06. The van der Waals surface area contributed by atoms with Crippen LogP contribution in [0.25, 0.3) is 21.7 Å². The van der Waals surface area contributed by atoms with E-state index in [0.29, 0.717) is 5.13 Å². The molecule has 6 heteroatoms. The summed E-state index contributed by atoms with van der Waals surface area (Å²) in [5.74, 6) is -1.36. The molecule has 0 aliphatic rings. The first-order chi connectivity index (χ1) is 13.0. The van der Waals surface area contributed by atoms with E-state index < -0.39 is 5.97 Å². The molecule has 0 spiro atoms. The molecule has 27 heavy (non-hydrogen) atoms. The molecule has 0 radical (unpaired) electrons. The van der Waals surface area contributed by atoms with E-state index in [4.69, 9.17) is 5.11 Å². The second-order valence-electron chi connectivity index (χ2n) is 6.38. The van der Waals surface area contributed by atoms with E-state index in [-0.39, 0.29) is 24.7 Å². The first-order valence-corrected chi connectivity index (χ1v) is 9.48. The van der Waals surface area contributed by atoms with Gasteiger partial charge in [0.05, 0.1) is 10.6 Å². The number of amides is 1. The van der Waals surface area contributed by atoms with Crippen LogP contribution in [-0.2, 0) is 9.59 Å². The standard InChI is InChI=1S/C21H20N2O3S/c1-14(13-18(25)26)12-17(24)22-21-23-19(15-8-4-2-5-9-15)20(27-21)16-10-6-3-7-11-16/h2-11,14H,12-13H2,1H3,(H,25,26)(H,22,23,24). The highest BCUT2D eigenvalue weighted by Crippen LogP contribution is 2.38. The number of carboxylic acid groups (broad SMARTS) is 1. The summed E-state index contributed by atoms with van der Waals surface area (Å²) in [5.41, 5.74) is 2.83. The molecule has 138 valence electrons. The molecule has 1 unspecified atom stereocenters. The van der Waals surface area contributed by atoms with E-state index in [1.165, 1.54) is 11.3 Å². The van der Waals surface area contributed by atoms with Gasteiger partial charge in [0, 0.05) is 18.4 Å². The van der Waals surface area contributed by atoms with Gasteiger partial charge in [-0.05, 0) is 11.5 Å². The molecule has 1 atom stereocenters. The number of aliphatic carboxylic acids is 1. The van der Waals surface area contributed by atoms with Crippen LogP contribution in [0.5, 0.6) is 0 Å². The molecule has 5 nitrogen and oxygen atoms in total. The number of nitrogens with one attached hydrogen (secondary N) is 1. The summed E-state index contributed by atoms with van der Waals surface area (Å²) in [6, 6.07) is 19.8. The van der Waals surface area contributed by atoms with E-state index in [1.54, 1.807) is 6.92 Å². The highest BCUT2D eigenvalue weighted by atomic mass is 32.1. The van der Waals surface area contributed by atoms with Gasteiger partial charge < -0.3 is 10.4 Å². The Morgan fingerprint density at radius 1 is 1.00 bits per heavy atom. The molecule has 0 aliphatic heterocycles. The van der Waals surface area contributed by atoms with Crippen LogP contribution in [-0.4, -0.2) is 22.0 Å². The number of rotatable bonds is 7. The van der Waals surface area contributed by atoms with Crippen molar-refractivity contribution < 1.29 is 14.7 Å². The molecule has 2 aromatic carbocycles. The van der Waals surface area contributed by atoms with Gasteiger partial charge in [0.25, 0.3) is 0 Å². The number of carbonyl (C=O) groups excluding carboxylic acids is 1. The Balaban J connectivity index is 1.86. The fourth-order valence-corrected chi connectivity index (χ4v) is 3.82. The first-order valence-electron chi connectivity index (χ1n) is 8.66. The SMILES string of the molecule is CC(CC(=O)O)CC(=O)Nc1nc(-c2ccccc2)c(-c2ccccc2)s1. The summed E-state index contributed by atoms with van der Waals surface area (Å²) in [6.07, 6.45) is 0.114. The van der Waals surface area contributed by atoms with Crippen LogP contribution in [0.4, 0.5) is 5.13 Å². The molecule has 1 heterocycles. The first kappa shape index (κ1) is 18.8. The Labute approximate surface area is 161 Å². The van der Waals surface area contributed by atoms with Crippen molar-refractivity contribution in [1.29, 1.82) is 0 Å². The third-order valence-electron chi connectivity index (χ3n) is 4.01. The summed E-state index contributed by atoms with van der Waals surface area (Å²) >= 11 is 1.42. The Kier molecular flexibility index (Phi) is 5.98. The zero-order chi connectivity index (χ0) is 19.2. The molecule has 0 saturated carbocycles. The normalized spacial score (nSPS) is 11.7. The van der Waals surface area contributed by atoms with Crippen LogP contribution in [0.1, 0.15) is 19.8 Å². The van der Waals surface area contributed by atoms with Crippen molar-refractivity contribution in [3.05, 3.63) is 60.7 Å². The summed E-state index contributed by atoms with van der Waals surface area (Å²) in [6.45, 7) is 1.75. The van der Waals surface area contributed by atoms with Crippen LogP contribution in [0.15, 0.2) is 60.7 Å². The topological polar surface area (TPSA) is 79.3 Å². The Hall–Kier alpha value is -2.99. The van der Waals surface area contributed by atoms with E-state index in [9.17, 15) is 9.59 Å². The fraction of sp³-hybridized carbons (Fsp3) is 0.190. The zero-order valence-electron chi connectivity index (χ0n) is 14.9. The molecule has 1 aromatic heterocycles. The lowest BCUT2D eigenvalue weighted by atomic mass is 10.0. The lowest BCUT2D eigenvalue weighted by molar-refractivity contribution is -0.138. The highest BCUT2D eigenvalue weighted by Gasteiger charge is 2.18. The quantitative estimate of drug-likeness (QED) is 0.610. The van der Waals surface area contributed by atoms with Gasteiger partial charge in [-0.25, -0.2) is 4.98 Å². The molecule has 3 aromatic rings. The van der Waals surface area contributed by atoms with Crippen molar-refractivity contribution in [1.82, 2.24) is 4.98 Å². The largest absolute Gasteiger partial charge is 0.481 e. The third-order valence-corrected chi connectivity index (χ3v) is 5.03. The molecule has 3 rings (SSSR count). The maximum atomic E-state index is 12.3. The maximum Gasteiger partial charge on any atom is 0.303 e. The number of thiazole rings is 1. The Morgan fingerprint density at radius 2 is 1.59 bits per heavy atom. The molecular weight excluding hydrogens is 360 g/mol. The predicted molar refractivity (Wildman–Crippen MR) is 108 cm³/mol. The molecule has 2 N–H and O–H groups in total. The van der Waals surface area contributed by atoms with Crippen molar-refractivity contribution in [2.24, 2.45) is 5.92 Å². The number of anilines is 1. The fourth-order valence-electron chi connectivity index (χ4n) is 2.81. The number of hydrogen-bond donors (Lipinski definition) is 2. The van der Waals surface area contributed by atoms with Crippen molar-refractivity contribution in [2.75, 3.05) is 5.32 Å². The monoisotopic (exact) mass is 380 g/mol. The number of benzene rings is 2. The second-order valence-corrected chi connectivity index (χ2v) is 7.38. The molecule has 0 fully saturated rings. The minimum atomic E-state index is -0.901. The average molecular weight is 380 g/mol. The Morgan fingerprint density at radius 3 is 2.19 bits per heavy atom. The number of hydrogen-bond acceptors (Lipinski definition) is 4. The van der Waals surface area contributed by atoms with Crippen molar-refractivity contribution in [2.45, 2.75) is 19.8 Å². The van der Waals surface area contributed by atoms with Gasteiger partial charge in [0.1, 0.15) is 0 Å². The molecule has 0 saturated heterocycles. The lowest BCUT2D eigenvalue weighted by Crippen LogP contribution is -2.16. The molecule has 1 amide bonds. The van der Waals surface area contributed by atoms with E-state index in [1.807, 2.05) is 60.7 Å². The summed E-state index contributed by atoms with van der Waals surface area (Å²) in [7, 11) is 0. The molecule has 0 aliphatic carbocycles. The smallest absolute Gasteiger partial charge is 0.303 e. The summed E-state index contributed by atoms with van der Waals surface area (Å²) < 4.78 is 0. The minimum Gasteiger partial charge on any atom is -0.481 e. The van der Waals surface area contributed by atoms with Gasteiger partial charge in [-0.15, -0.1) is 0 Å². The maximum absolute atomic E-state index is 12.3. The van der Waals surface area contributed by atoms with E-state index in [2.05, 4.69) is 10.3 Å². The van der Waals surface area contributed by atoms with Crippen molar-refractivity contribution in [3.8, 4) is 21.7 Å². The predicted octanol–water partition coefficient (Wildman–Crippen LogP) is 4.92. The van der Waals surface area contributed by atoms with Crippen molar-refractivity contribution >= 4 is 28.3 Å². The van der Waals surface area contributed by atoms with Gasteiger partial charge in [-0.3, -0.25) is 9.59 Å². The van der Waals surface area contributed by atoms with Crippen LogP contribution in [0.2, 0.25) is 0 Å². The van der Waals surface area contributed by atoms with Gasteiger partial charge in [0.15, 0.2) is 5.13 Å². The van der Waals surface area contributed by atoms with Crippen LogP contribution in [0, 0.1) is 5.92 Å².